The van der Waals surface area contributed by atoms with Gasteiger partial charge in [0.1, 0.15) is 0 Å². The van der Waals surface area contributed by atoms with Crippen molar-refractivity contribution < 1.29 is 17.9 Å². The fourth-order valence-corrected chi connectivity index (χ4v) is 4.39. The van der Waals surface area contributed by atoms with Crippen LogP contribution in [-0.2, 0) is 14.8 Å². The molecule has 0 aliphatic carbocycles. The Kier molecular flexibility index (Phi) is 3.85. The Morgan fingerprint density at radius 3 is 2.43 bits per heavy atom. The molecule has 1 aliphatic heterocycles. The second-order valence-electron chi connectivity index (χ2n) is 5.51. The molecule has 23 heavy (non-hydrogen) atoms. The summed E-state index contributed by atoms with van der Waals surface area (Å²) in [6, 6.07) is 13.3. The Morgan fingerprint density at radius 1 is 1.13 bits per heavy atom. The van der Waals surface area contributed by atoms with Crippen LogP contribution in [0.4, 0.5) is 5.69 Å². The van der Waals surface area contributed by atoms with Crippen LogP contribution in [0.3, 0.4) is 0 Å². The van der Waals surface area contributed by atoms with E-state index in [4.69, 9.17) is 0 Å². The van der Waals surface area contributed by atoms with E-state index >= 15 is 0 Å². The van der Waals surface area contributed by atoms with Crippen molar-refractivity contribution in [3.63, 3.8) is 0 Å². The molecule has 0 saturated carbocycles. The van der Waals surface area contributed by atoms with Gasteiger partial charge in [-0.25, -0.2) is 13.2 Å². The smallest absolute Gasteiger partial charge is 0.337 e. The molecule has 1 heterocycles. The molecule has 0 spiro atoms. The molecule has 1 unspecified atom stereocenters. The van der Waals surface area contributed by atoms with Crippen LogP contribution in [-0.4, -0.2) is 28.0 Å². The summed E-state index contributed by atoms with van der Waals surface area (Å²) in [7, 11) is -2.37. The van der Waals surface area contributed by atoms with Crippen LogP contribution >= 0.6 is 0 Å². The van der Waals surface area contributed by atoms with Crippen LogP contribution in [0, 0.1) is 0 Å². The van der Waals surface area contributed by atoms with Crippen LogP contribution in [0.2, 0.25) is 0 Å². The third kappa shape index (κ3) is 2.59. The van der Waals surface area contributed by atoms with Gasteiger partial charge in [-0.15, -0.1) is 0 Å². The van der Waals surface area contributed by atoms with Crippen LogP contribution in [0.25, 0.3) is 0 Å². The molecular weight excluding hydrogens is 314 g/mol. The minimum Gasteiger partial charge on any atom is -0.465 e. The van der Waals surface area contributed by atoms with Crippen LogP contribution < -0.4 is 4.31 Å². The number of carbonyl (C=O) groups excluding carboxylic acids is 1. The van der Waals surface area contributed by atoms with Gasteiger partial charge in [-0.2, -0.15) is 0 Å². The highest BCUT2D eigenvalue weighted by Crippen LogP contribution is 2.39. The highest BCUT2D eigenvalue weighted by Gasteiger charge is 2.34. The first kappa shape index (κ1) is 15.6. The van der Waals surface area contributed by atoms with Crippen LogP contribution in [0.1, 0.15) is 28.8 Å². The zero-order valence-electron chi connectivity index (χ0n) is 12.9. The lowest BCUT2D eigenvalue weighted by molar-refractivity contribution is 0.0600. The van der Waals surface area contributed by atoms with E-state index in [1.807, 2.05) is 31.2 Å². The van der Waals surface area contributed by atoms with Gasteiger partial charge in [-0.3, -0.25) is 4.31 Å². The molecule has 1 atom stereocenters. The second kappa shape index (κ2) is 5.70. The van der Waals surface area contributed by atoms with E-state index < -0.39 is 16.0 Å². The highest BCUT2D eigenvalue weighted by molar-refractivity contribution is 7.92. The number of rotatable bonds is 3. The molecule has 0 bridgehead atoms. The third-order valence-electron chi connectivity index (χ3n) is 4.04. The van der Waals surface area contributed by atoms with Crippen molar-refractivity contribution in [2.45, 2.75) is 17.7 Å². The van der Waals surface area contributed by atoms with Crippen molar-refractivity contribution in [2.24, 2.45) is 0 Å². The number of nitrogens with zero attached hydrogens (tertiary/aromatic N) is 1. The fourth-order valence-electron chi connectivity index (χ4n) is 2.81. The van der Waals surface area contributed by atoms with Crippen molar-refractivity contribution in [2.75, 3.05) is 18.0 Å². The Bertz CT molecular complexity index is 843. The molecule has 0 fully saturated rings. The summed E-state index contributed by atoms with van der Waals surface area (Å²) in [6.07, 6.45) is 0. The van der Waals surface area contributed by atoms with E-state index in [-0.39, 0.29) is 10.8 Å². The molecule has 0 N–H and O–H groups in total. The Balaban J connectivity index is 1.98. The van der Waals surface area contributed by atoms with Gasteiger partial charge in [0.05, 0.1) is 23.3 Å². The molecule has 2 aromatic carbocycles. The molecular formula is C17H17NO4S. The lowest BCUT2D eigenvalue weighted by Gasteiger charge is -2.20. The Labute approximate surface area is 135 Å². The lowest BCUT2D eigenvalue weighted by atomic mass is 10.0. The number of ether oxygens (including phenoxy) is 1. The molecule has 1 aliphatic rings. The zero-order chi connectivity index (χ0) is 16.6. The van der Waals surface area contributed by atoms with E-state index in [2.05, 4.69) is 4.74 Å². The largest absolute Gasteiger partial charge is 0.465 e. The highest BCUT2D eigenvalue weighted by atomic mass is 32.2. The van der Waals surface area contributed by atoms with Crippen molar-refractivity contribution in [1.82, 2.24) is 0 Å². The summed E-state index contributed by atoms with van der Waals surface area (Å²) in [6.45, 7) is 2.43. The first-order valence-corrected chi connectivity index (χ1v) is 8.69. The first-order valence-electron chi connectivity index (χ1n) is 7.25. The van der Waals surface area contributed by atoms with E-state index in [9.17, 15) is 13.2 Å². The molecule has 0 saturated heterocycles. The minimum atomic E-state index is -3.65. The number of benzene rings is 2. The van der Waals surface area contributed by atoms with Crippen molar-refractivity contribution in [1.29, 1.82) is 0 Å². The summed E-state index contributed by atoms with van der Waals surface area (Å²) in [5.41, 5.74) is 2.07. The van der Waals surface area contributed by atoms with Crippen molar-refractivity contribution in [3.05, 3.63) is 59.7 Å². The van der Waals surface area contributed by atoms with Gasteiger partial charge in [0.15, 0.2) is 0 Å². The van der Waals surface area contributed by atoms with E-state index in [0.717, 1.165) is 11.3 Å². The fraction of sp³-hybridized carbons (Fsp3) is 0.235. The average molecular weight is 331 g/mol. The maximum absolute atomic E-state index is 12.9. The van der Waals surface area contributed by atoms with E-state index in [1.54, 1.807) is 0 Å². The van der Waals surface area contributed by atoms with Crippen molar-refractivity contribution >= 4 is 21.7 Å². The normalized spacial score (nSPS) is 17.0. The molecule has 3 rings (SSSR count). The molecule has 6 heteroatoms. The number of para-hydroxylation sites is 1. The summed E-state index contributed by atoms with van der Waals surface area (Å²) in [5.74, 6) is -0.343. The molecule has 0 amide bonds. The summed E-state index contributed by atoms with van der Waals surface area (Å²) in [5, 5.41) is 0. The van der Waals surface area contributed by atoms with Crippen molar-refractivity contribution in [3.8, 4) is 0 Å². The van der Waals surface area contributed by atoms with Crippen LogP contribution in [0.15, 0.2) is 53.4 Å². The van der Waals surface area contributed by atoms with E-state index in [0.29, 0.717) is 12.1 Å². The molecule has 0 radical (unpaired) electrons. The summed E-state index contributed by atoms with van der Waals surface area (Å²) < 4.78 is 31.9. The van der Waals surface area contributed by atoms with Gasteiger partial charge in [0.25, 0.3) is 10.0 Å². The number of sulfonamides is 1. The van der Waals surface area contributed by atoms with Gasteiger partial charge < -0.3 is 4.74 Å². The molecule has 120 valence electrons. The predicted octanol–water partition coefficient (Wildman–Crippen LogP) is 2.79. The predicted molar refractivity (Wildman–Crippen MR) is 87.2 cm³/mol. The number of carbonyl (C=O) groups is 1. The number of esters is 1. The standard InChI is InChI=1S/C17H17NO4S/c1-12-11-18(16-6-4-3-5-15(12)16)23(20,21)14-9-7-13(8-10-14)17(19)22-2/h3-10,12H,11H2,1-2H3. The number of anilines is 1. The lowest BCUT2D eigenvalue weighted by Crippen LogP contribution is -2.29. The Hall–Kier alpha value is -2.34. The van der Waals surface area contributed by atoms with Gasteiger partial charge >= 0.3 is 5.97 Å². The number of fused-ring (bicyclic) bond motifs is 1. The maximum Gasteiger partial charge on any atom is 0.337 e. The molecule has 0 aromatic heterocycles. The number of hydrogen-bond acceptors (Lipinski definition) is 4. The Morgan fingerprint density at radius 2 is 1.78 bits per heavy atom. The van der Waals surface area contributed by atoms with Gasteiger partial charge in [0.2, 0.25) is 0 Å². The quantitative estimate of drug-likeness (QED) is 0.811. The maximum atomic E-state index is 12.9. The topological polar surface area (TPSA) is 63.7 Å². The van der Waals surface area contributed by atoms with E-state index in [1.165, 1.54) is 35.7 Å². The van der Waals surface area contributed by atoms with Gasteiger partial charge in [-0.05, 0) is 35.9 Å². The van der Waals surface area contributed by atoms with Gasteiger partial charge in [0, 0.05) is 12.5 Å². The third-order valence-corrected chi connectivity index (χ3v) is 5.83. The summed E-state index contributed by atoms with van der Waals surface area (Å²) in [4.78, 5) is 11.6. The SMILES string of the molecule is COC(=O)c1ccc(S(=O)(=O)N2CC(C)c3ccccc32)cc1. The van der Waals surface area contributed by atoms with Gasteiger partial charge in [-0.1, -0.05) is 25.1 Å². The van der Waals surface area contributed by atoms with Crippen LogP contribution in [0.5, 0.6) is 0 Å². The zero-order valence-corrected chi connectivity index (χ0v) is 13.7. The number of hydrogen-bond donors (Lipinski definition) is 0. The number of methoxy groups -OCH3 is 1. The minimum absolute atomic E-state index is 0.148. The monoisotopic (exact) mass is 331 g/mol. The molecule has 5 nitrogen and oxygen atoms in total. The average Bonchev–Trinajstić information content (AvgIpc) is 2.92. The molecule has 2 aromatic rings. The first-order chi connectivity index (χ1) is 10.9. The summed E-state index contributed by atoms with van der Waals surface area (Å²) >= 11 is 0. The second-order valence-corrected chi connectivity index (χ2v) is 7.37.